The molecule has 0 aliphatic rings. The van der Waals surface area contributed by atoms with Crippen molar-refractivity contribution in [2.24, 2.45) is 5.92 Å². The number of ether oxygens (including phenoxy) is 1. The lowest BCUT2D eigenvalue weighted by molar-refractivity contribution is -0.144. The molecule has 0 bridgehead atoms. The first kappa shape index (κ1) is 16.9. The van der Waals surface area contributed by atoms with Crippen LogP contribution in [-0.4, -0.2) is 30.5 Å². The number of rotatable bonds is 7. The van der Waals surface area contributed by atoms with Crippen molar-refractivity contribution < 1.29 is 14.3 Å². The summed E-state index contributed by atoms with van der Waals surface area (Å²) >= 11 is 7.50. The highest BCUT2D eigenvalue weighted by molar-refractivity contribution is 7.99. The molecule has 4 nitrogen and oxygen atoms in total. The molecule has 0 radical (unpaired) electrons. The number of para-hydroxylation sites is 1. The summed E-state index contributed by atoms with van der Waals surface area (Å²) in [6.45, 7) is 1.81. The van der Waals surface area contributed by atoms with Crippen molar-refractivity contribution in [1.82, 2.24) is 0 Å². The Morgan fingerprint density at radius 1 is 1.40 bits per heavy atom. The molecule has 0 fully saturated rings. The fraction of sp³-hybridized carbons (Fsp3) is 0.429. The molecule has 1 unspecified atom stereocenters. The molecule has 0 heterocycles. The van der Waals surface area contributed by atoms with Gasteiger partial charge in [0, 0.05) is 17.9 Å². The van der Waals surface area contributed by atoms with Crippen LogP contribution < -0.4 is 5.32 Å². The summed E-state index contributed by atoms with van der Waals surface area (Å²) in [5.74, 6) is 0.829. The second-order valence-electron chi connectivity index (χ2n) is 4.28. The van der Waals surface area contributed by atoms with Crippen LogP contribution in [0.2, 0.25) is 5.02 Å². The second-order valence-corrected chi connectivity index (χ2v) is 5.83. The molecule has 0 aliphatic carbocycles. The molecule has 0 aliphatic heterocycles. The monoisotopic (exact) mass is 315 g/mol. The molecule has 110 valence electrons. The largest absolute Gasteiger partial charge is 0.469 e. The zero-order chi connectivity index (χ0) is 15.0. The first-order valence-electron chi connectivity index (χ1n) is 6.24. The molecule has 0 aromatic heterocycles. The maximum atomic E-state index is 11.7. The second kappa shape index (κ2) is 8.87. The average molecular weight is 316 g/mol. The number of halogens is 1. The number of hydrogen-bond acceptors (Lipinski definition) is 4. The van der Waals surface area contributed by atoms with Gasteiger partial charge in [-0.05, 0) is 12.1 Å². The lowest BCUT2D eigenvalue weighted by Crippen LogP contribution is -2.16. The van der Waals surface area contributed by atoms with Crippen LogP contribution in [0, 0.1) is 5.92 Å². The molecule has 1 atom stereocenters. The van der Waals surface area contributed by atoms with E-state index in [2.05, 4.69) is 10.1 Å². The topological polar surface area (TPSA) is 55.4 Å². The minimum Gasteiger partial charge on any atom is -0.469 e. The molecule has 1 rings (SSSR count). The Bertz CT molecular complexity index is 467. The number of carbonyl (C=O) groups excluding carboxylic acids is 2. The first-order chi connectivity index (χ1) is 9.54. The van der Waals surface area contributed by atoms with E-state index in [0.717, 1.165) is 0 Å². The number of hydrogen-bond donors (Lipinski definition) is 1. The van der Waals surface area contributed by atoms with E-state index < -0.39 is 0 Å². The summed E-state index contributed by atoms with van der Waals surface area (Å²) in [4.78, 5) is 22.9. The average Bonchev–Trinajstić information content (AvgIpc) is 2.45. The van der Waals surface area contributed by atoms with E-state index in [4.69, 9.17) is 11.6 Å². The number of amides is 1. The molecular weight excluding hydrogens is 298 g/mol. The van der Waals surface area contributed by atoms with Gasteiger partial charge in [0.15, 0.2) is 0 Å². The summed E-state index contributed by atoms with van der Waals surface area (Å²) in [6.07, 6.45) is 0.379. The molecular formula is C14H18ClNO3S. The SMILES string of the molecule is COC(=O)C(C)CSCCC(=O)Nc1ccccc1Cl. The summed E-state index contributed by atoms with van der Waals surface area (Å²) in [6, 6.07) is 7.10. The van der Waals surface area contributed by atoms with Gasteiger partial charge in [-0.2, -0.15) is 11.8 Å². The van der Waals surface area contributed by atoms with E-state index in [1.54, 1.807) is 23.9 Å². The quantitative estimate of drug-likeness (QED) is 0.620. The highest BCUT2D eigenvalue weighted by Crippen LogP contribution is 2.20. The molecule has 0 spiro atoms. The van der Waals surface area contributed by atoms with Gasteiger partial charge in [-0.15, -0.1) is 0 Å². The highest BCUT2D eigenvalue weighted by atomic mass is 35.5. The van der Waals surface area contributed by atoms with Crippen LogP contribution in [0.25, 0.3) is 0 Å². The number of anilines is 1. The lowest BCUT2D eigenvalue weighted by Gasteiger charge is -2.09. The number of methoxy groups -OCH3 is 1. The van der Waals surface area contributed by atoms with Crippen molar-refractivity contribution in [2.75, 3.05) is 23.9 Å². The van der Waals surface area contributed by atoms with Crippen molar-refractivity contribution in [3.8, 4) is 0 Å². The van der Waals surface area contributed by atoms with Gasteiger partial charge in [0.2, 0.25) is 5.91 Å². The Labute approximate surface area is 128 Å². The Kier molecular flexibility index (Phi) is 7.47. The summed E-state index contributed by atoms with van der Waals surface area (Å²) < 4.78 is 4.64. The molecule has 1 amide bonds. The number of benzene rings is 1. The van der Waals surface area contributed by atoms with Gasteiger partial charge in [0.1, 0.15) is 0 Å². The Morgan fingerprint density at radius 2 is 2.10 bits per heavy atom. The Hall–Kier alpha value is -1.20. The van der Waals surface area contributed by atoms with Gasteiger partial charge in [-0.1, -0.05) is 30.7 Å². The van der Waals surface area contributed by atoms with E-state index in [-0.39, 0.29) is 17.8 Å². The maximum Gasteiger partial charge on any atom is 0.309 e. The van der Waals surface area contributed by atoms with E-state index >= 15 is 0 Å². The van der Waals surface area contributed by atoms with Crippen molar-refractivity contribution >= 4 is 40.9 Å². The van der Waals surface area contributed by atoms with Crippen molar-refractivity contribution in [3.63, 3.8) is 0 Å². The standard InChI is InChI=1S/C14H18ClNO3S/c1-10(14(18)19-2)9-20-8-7-13(17)16-12-6-4-3-5-11(12)15/h3-6,10H,7-9H2,1-2H3,(H,16,17). The Morgan fingerprint density at radius 3 is 2.75 bits per heavy atom. The van der Waals surface area contributed by atoms with Crippen molar-refractivity contribution in [2.45, 2.75) is 13.3 Å². The fourth-order valence-electron chi connectivity index (χ4n) is 1.47. The molecule has 20 heavy (non-hydrogen) atoms. The van der Waals surface area contributed by atoms with Crippen LogP contribution in [0.3, 0.4) is 0 Å². The molecule has 1 aromatic rings. The number of nitrogens with one attached hydrogen (secondary N) is 1. The Balaban J connectivity index is 2.24. The lowest BCUT2D eigenvalue weighted by atomic mass is 10.2. The zero-order valence-electron chi connectivity index (χ0n) is 11.5. The summed E-state index contributed by atoms with van der Waals surface area (Å²) in [5.41, 5.74) is 0.618. The molecule has 0 saturated heterocycles. The van der Waals surface area contributed by atoms with Gasteiger partial charge in [0.05, 0.1) is 23.7 Å². The van der Waals surface area contributed by atoms with Crippen LogP contribution in [0.5, 0.6) is 0 Å². The van der Waals surface area contributed by atoms with Crippen LogP contribution in [0.4, 0.5) is 5.69 Å². The van der Waals surface area contributed by atoms with E-state index in [9.17, 15) is 9.59 Å². The highest BCUT2D eigenvalue weighted by Gasteiger charge is 2.13. The van der Waals surface area contributed by atoms with Gasteiger partial charge < -0.3 is 10.1 Å². The van der Waals surface area contributed by atoms with E-state index in [1.165, 1.54) is 7.11 Å². The van der Waals surface area contributed by atoms with Crippen LogP contribution >= 0.6 is 23.4 Å². The van der Waals surface area contributed by atoms with Crippen LogP contribution in [0.15, 0.2) is 24.3 Å². The summed E-state index contributed by atoms with van der Waals surface area (Å²) in [5, 5.41) is 3.28. The van der Waals surface area contributed by atoms with Crippen molar-refractivity contribution in [3.05, 3.63) is 29.3 Å². The number of carbonyl (C=O) groups is 2. The first-order valence-corrected chi connectivity index (χ1v) is 7.77. The van der Waals surface area contributed by atoms with Crippen LogP contribution in [-0.2, 0) is 14.3 Å². The molecule has 1 N–H and O–H groups in total. The molecule has 0 saturated carbocycles. The maximum absolute atomic E-state index is 11.7. The van der Waals surface area contributed by atoms with E-state index in [0.29, 0.717) is 28.6 Å². The summed E-state index contributed by atoms with van der Waals surface area (Å²) in [7, 11) is 1.38. The predicted octanol–water partition coefficient (Wildman–Crippen LogP) is 3.21. The van der Waals surface area contributed by atoms with Gasteiger partial charge >= 0.3 is 5.97 Å². The van der Waals surface area contributed by atoms with Gasteiger partial charge in [-0.3, -0.25) is 9.59 Å². The molecule has 1 aromatic carbocycles. The minimum absolute atomic E-state index is 0.0867. The normalized spacial score (nSPS) is 11.8. The minimum atomic E-state index is -0.224. The van der Waals surface area contributed by atoms with Crippen LogP contribution in [0.1, 0.15) is 13.3 Å². The van der Waals surface area contributed by atoms with Gasteiger partial charge in [0.25, 0.3) is 0 Å². The fourth-order valence-corrected chi connectivity index (χ4v) is 2.64. The van der Waals surface area contributed by atoms with Gasteiger partial charge in [-0.25, -0.2) is 0 Å². The smallest absolute Gasteiger partial charge is 0.309 e. The predicted molar refractivity (Wildman–Crippen MR) is 83.2 cm³/mol. The van der Waals surface area contributed by atoms with E-state index in [1.807, 2.05) is 19.1 Å². The van der Waals surface area contributed by atoms with Crippen molar-refractivity contribution in [1.29, 1.82) is 0 Å². The third kappa shape index (κ3) is 5.84. The third-order valence-corrected chi connectivity index (χ3v) is 4.15. The molecule has 6 heteroatoms. The number of esters is 1. The number of thioether (sulfide) groups is 1. The zero-order valence-corrected chi connectivity index (χ0v) is 13.1. The third-order valence-electron chi connectivity index (χ3n) is 2.59.